The smallest absolute Gasteiger partial charge is 0.337 e. The van der Waals surface area contributed by atoms with Crippen LogP contribution in [0.25, 0.3) is 11.4 Å². The van der Waals surface area contributed by atoms with Crippen molar-refractivity contribution in [2.24, 2.45) is 0 Å². The van der Waals surface area contributed by atoms with Crippen molar-refractivity contribution in [2.45, 2.75) is 31.6 Å². The van der Waals surface area contributed by atoms with Gasteiger partial charge in [0.25, 0.3) is 0 Å². The first-order chi connectivity index (χ1) is 13.8. The molecule has 0 saturated carbocycles. The van der Waals surface area contributed by atoms with E-state index in [2.05, 4.69) is 26.1 Å². The van der Waals surface area contributed by atoms with Gasteiger partial charge in [-0.1, -0.05) is 45.4 Å². The van der Waals surface area contributed by atoms with Crippen LogP contribution in [0.3, 0.4) is 0 Å². The van der Waals surface area contributed by atoms with E-state index >= 15 is 0 Å². The molecule has 2 heterocycles. The Hall–Kier alpha value is -2.68. The van der Waals surface area contributed by atoms with Gasteiger partial charge >= 0.3 is 6.18 Å². The van der Waals surface area contributed by atoms with Crippen molar-refractivity contribution in [3.05, 3.63) is 70.0 Å². The van der Waals surface area contributed by atoms with Crippen molar-refractivity contribution in [1.82, 2.24) is 15.0 Å². The monoisotopic (exact) mass is 465 g/mol. The maximum atomic E-state index is 12.9. The molecule has 1 unspecified atom stereocenters. The number of aromatic nitrogens is 2. The van der Waals surface area contributed by atoms with Crippen molar-refractivity contribution >= 4 is 21.8 Å². The average Bonchev–Trinajstić information content (AvgIpc) is 3.31. The second-order valence-electron chi connectivity index (χ2n) is 6.74. The van der Waals surface area contributed by atoms with E-state index < -0.39 is 17.8 Å². The normalized spacial score (nSPS) is 17.2. The van der Waals surface area contributed by atoms with Crippen molar-refractivity contribution in [1.29, 1.82) is 0 Å². The van der Waals surface area contributed by atoms with E-state index in [9.17, 15) is 18.0 Å². The molecule has 1 aliphatic heterocycles. The molecule has 3 aromatic rings. The second kappa shape index (κ2) is 7.62. The van der Waals surface area contributed by atoms with Gasteiger partial charge in [-0.3, -0.25) is 4.79 Å². The van der Waals surface area contributed by atoms with E-state index in [-0.39, 0.29) is 23.2 Å². The molecule has 0 spiro atoms. The van der Waals surface area contributed by atoms with E-state index in [1.165, 1.54) is 12.1 Å². The summed E-state index contributed by atoms with van der Waals surface area (Å²) in [5, 5.41) is 3.83. The van der Waals surface area contributed by atoms with Crippen LogP contribution in [-0.2, 0) is 17.5 Å². The molecule has 1 saturated heterocycles. The van der Waals surface area contributed by atoms with Gasteiger partial charge in [0.15, 0.2) is 0 Å². The second-order valence-corrected chi connectivity index (χ2v) is 7.65. The van der Waals surface area contributed by atoms with Gasteiger partial charge in [-0.15, -0.1) is 0 Å². The lowest BCUT2D eigenvalue weighted by molar-refractivity contribution is -0.137. The van der Waals surface area contributed by atoms with Crippen LogP contribution < -0.4 is 0 Å². The van der Waals surface area contributed by atoms with Gasteiger partial charge in [0.1, 0.15) is 6.04 Å². The molecule has 1 atom stereocenters. The first kappa shape index (κ1) is 19.6. The first-order valence-electron chi connectivity index (χ1n) is 8.86. The third-order valence-corrected chi connectivity index (χ3v) is 5.30. The van der Waals surface area contributed by atoms with Crippen molar-refractivity contribution in [3.8, 4) is 11.4 Å². The highest BCUT2D eigenvalue weighted by molar-refractivity contribution is 9.10. The molecule has 1 fully saturated rings. The van der Waals surface area contributed by atoms with E-state index in [4.69, 9.17) is 4.52 Å². The van der Waals surface area contributed by atoms with Gasteiger partial charge in [-0.25, -0.2) is 0 Å². The zero-order valence-electron chi connectivity index (χ0n) is 15.0. The largest absolute Gasteiger partial charge is 0.416 e. The minimum atomic E-state index is -4.46. The number of benzene rings is 2. The minimum Gasteiger partial charge on any atom is -0.337 e. The topological polar surface area (TPSA) is 59.2 Å². The summed E-state index contributed by atoms with van der Waals surface area (Å²) in [5.74, 6) is 0.256. The fourth-order valence-corrected chi connectivity index (χ4v) is 3.56. The lowest BCUT2D eigenvalue weighted by Gasteiger charge is -2.22. The molecule has 1 aliphatic rings. The van der Waals surface area contributed by atoms with Crippen LogP contribution in [0.15, 0.2) is 57.5 Å². The molecule has 4 rings (SSSR count). The maximum Gasteiger partial charge on any atom is 0.416 e. The molecule has 1 amide bonds. The summed E-state index contributed by atoms with van der Waals surface area (Å²) in [6.07, 6.45) is -3.59. The minimum absolute atomic E-state index is 0.0308. The van der Waals surface area contributed by atoms with Gasteiger partial charge < -0.3 is 9.42 Å². The summed E-state index contributed by atoms with van der Waals surface area (Å²) in [6, 6.07) is 12.0. The molecule has 2 aromatic carbocycles. The Morgan fingerprint density at radius 3 is 2.66 bits per heavy atom. The number of hydrogen-bond acceptors (Lipinski definition) is 4. The number of rotatable bonds is 4. The Morgan fingerprint density at radius 1 is 1.17 bits per heavy atom. The maximum absolute atomic E-state index is 12.9. The fraction of sp³-hybridized carbons (Fsp3) is 0.250. The van der Waals surface area contributed by atoms with Crippen LogP contribution in [0.5, 0.6) is 0 Å². The number of alkyl halides is 3. The summed E-state index contributed by atoms with van der Waals surface area (Å²) in [7, 11) is 0. The zero-order valence-corrected chi connectivity index (χ0v) is 16.6. The number of nitrogens with zero attached hydrogens (tertiary/aromatic N) is 3. The van der Waals surface area contributed by atoms with E-state index in [0.29, 0.717) is 19.4 Å². The highest BCUT2D eigenvalue weighted by atomic mass is 79.9. The highest BCUT2D eigenvalue weighted by Crippen LogP contribution is 2.35. The fourth-order valence-electron chi connectivity index (χ4n) is 3.30. The Bertz CT molecular complexity index is 1030. The van der Waals surface area contributed by atoms with Crippen LogP contribution in [-0.4, -0.2) is 20.9 Å². The molecule has 0 radical (unpaired) electrons. The van der Waals surface area contributed by atoms with Crippen molar-refractivity contribution in [2.75, 3.05) is 0 Å². The third kappa shape index (κ3) is 4.19. The molecular weight excluding hydrogens is 451 g/mol. The number of amides is 1. The molecule has 150 valence electrons. The molecule has 29 heavy (non-hydrogen) atoms. The van der Waals surface area contributed by atoms with Gasteiger partial charge in [0.05, 0.1) is 5.56 Å². The van der Waals surface area contributed by atoms with E-state index in [1.54, 1.807) is 4.90 Å². The van der Waals surface area contributed by atoms with Crippen molar-refractivity contribution < 1.29 is 22.5 Å². The molecule has 5 nitrogen and oxygen atoms in total. The number of halogens is 4. The quantitative estimate of drug-likeness (QED) is 0.518. The molecule has 0 N–H and O–H groups in total. The Balaban J connectivity index is 1.58. The highest BCUT2D eigenvalue weighted by Gasteiger charge is 2.36. The van der Waals surface area contributed by atoms with Crippen LogP contribution in [0.2, 0.25) is 0 Å². The zero-order chi connectivity index (χ0) is 20.6. The summed E-state index contributed by atoms with van der Waals surface area (Å²) < 4.78 is 45.1. The average molecular weight is 466 g/mol. The molecule has 1 aromatic heterocycles. The van der Waals surface area contributed by atoms with Crippen LogP contribution in [0, 0.1) is 0 Å². The summed E-state index contributed by atoms with van der Waals surface area (Å²) in [4.78, 5) is 18.3. The summed E-state index contributed by atoms with van der Waals surface area (Å²) in [5.41, 5.74) is 0.374. The lowest BCUT2D eigenvalue weighted by atomic mass is 10.1. The van der Waals surface area contributed by atoms with E-state index in [1.807, 2.05) is 24.3 Å². The predicted octanol–water partition coefficient (Wildman–Crippen LogP) is 5.38. The third-order valence-electron chi connectivity index (χ3n) is 4.77. The number of likely N-dealkylation sites (tertiary alicyclic amines) is 1. The first-order valence-corrected chi connectivity index (χ1v) is 9.66. The number of carbonyl (C=O) groups excluding carboxylic acids is 1. The molecule has 0 bridgehead atoms. The number of hydrogen-bond donors (Lipinski definition) is 0. The van der Waals surface area contributed by atoms with Gasteiger partial charge in [-0.2, -0.15) is 18.2 Å². The Kier molecular flexibility index (Phi) is 5.16. The Morgan fingerprint density at radius 2 is 1.93 bits per heavy atom. The number of carbonyl (C=O) groups is 1. The van der Waals surface area contributed by atoms with Gasteiger partial charge in [-0.05, 0) is 36.2 Å². The molecular formula is C20H15BrF3N3O2. The summed E-state index contributed by atoms with van der Waals surface area (Å²) >= 11 is 3.38. The summed E-state index contributed by atoms with van der Waals surface area (Å²) in [6.45, 7) is 0.387. The van der Waals surface area contributed by atoms with Crippen LogP contribution in [0.4, 0.5) is 13.2 Å². The SMILES string of the molecule is O=C1CCC(c2nc(-c3cccc(C(F)(F)F)c3)no2)N1Cc1ccc(Br)cc1. The van der Waals surface area contributed by atoms with Crippen LogP contribution >= 0.6 is 15.9 Å². The predicted molar refractivity (Wildman–Crippen MR) is 101 cm³/mol. The van der Waals surface area contributed by atoms with E-state index in [0.717, 1.165) is 22.2 Å². The molecule has 9 heteroatoms. The van der Waals surface area contributed by atoms with Crippen molar-refractivity contribution in [3.63, 3.8) is 0 Å². The molecule has 0 aliphatic carbocycles. The Labute approximate surface area is 172 Å². The standard InChI is InChI=1S/C20H15BrF3N3O2/c21-15-6-4-12(5-7-15)11-27-16(8-9-17(27)28)19-25-18(26-29-19)13-2-1-3-14(10-13)20(22,23)24/h1-7,10,16H,8-9,11H2. The van der Waals surface area contributed by atoms with Gasteiger partial charge in [0.2, 0.25) is 17.6 Å². The van der Waals surface area contributed by atoms with Crippen LogP contribution in [0.1, 0.15) is 35.9 Å². The lowest BCUT2D eigenvalue weighted by Crippen LogP contribution is -2.27. The van der Waals surface area contributed by atoms with Gasteiger partial charge in [0, 0.05) is 23.0 Å².